The summed E-state index contributed by atoms with van der Waals surface area (Å²) in [6, 6.07) is 2.67. The lowest BCUT2D eigenvalue weighted by molar-refractivity contribution is 0.265. The van der Waals surface area contributed by atoms with Gasteiger partial charge in [-0.05, 0) is 12.1 Å². The zero-order valence-corrected chi connectivity index (χ0v) is 7.34. The van der Waals surface area contributed by atoms with Crippen LogP contribution in [0.4, 0.5) is 0 Å². The summed E-state index contributed by atoms with van der Waals surface area (Å²) in [6.07, 6.45) is 1.25. The number of aromatic hydroxyl groups is 1. The summed E-state index contributed by atoms with van der Waals surface area (Å²) in [5.74, 6) is -0.0298. The third-order valence-corrected chi connectivity index (χ3v) is 2.10. The number of aliphatic hydroxyl groups excluding tert-OH is 1. The van der Waals surface area contributed by atoms with Crippen LogP contribution in [0.2, 0.25) is 0 Å². The van der Waals surface area contributed by atoms with Crippen molar-refractivity contribution in [2.24, 2.45) is 5.73 Å². The molecule has 1 aromatic heterocycles. The van der Waals surface area contributed by atoms with Crippen molar-refractivity contribution in [3.8, 4) is 5.75 Å². The summed E-state index contributed by atoms with van der Waals surface area (Å²) in [5, 5.41) is 18.6. The SMILES string of the molecule is NC(CO)c1ccc2ocnc2c1O. The molecule has 5 nitrogen and oxygen atoms in total. The first-order chi connectivity index (χ1) is 6.74. The Kier molecular flexibility index (Phi) is 2.11. The second-order valence-corrected chi connectivity index (χ2v) is 2.99. The Morgan fingerprint density at radius 2 is 2.29 bits per heavy atom. The van der Waals surface area contributed by atoms with Gasteiger partial charge in [-0.15, -0.1) is 0 Å². The zero-order valence-electron chi connectivity index (χ0n) is 7.34. The smallest absolute Gasteiger partial charge is 0.182 e. The highest BCUT2D eigenvalue weighted by Crippen LogP contribution is 2.30. The number of nitrogens with two attached hydrogens (primary N) is 1. The number of phenolic OH excluding ortho intramolecular Hbond substituents is 1. The predicted molar refractivity (Wildman–Crippen MR) is 49.7 cm³/mol. The van der Waals surface area contributed by atoms with Crippen molar-refractivity contribution in [1.82, 2.24) is 4.98 Å². The Bertz CT molecular complexity index is 452. The van der Waals surface area contributed by atoms with Gasteiger partial charge in [-0.3, -0.25) is 0 Å². The van der Waals surface area contributed by atoms with Crippen LogP contribution in [-0.4, -0.2) is 21.8 Å². The van der Waals surface area contributed by atoms with E-state index in [1.165, 1.54) is 6.39 Å². The Balaban J connectivity index is 2.61. The number of aromatic nitrogens is 1. The van der Waals surface area contributed by atoms with Crippen LogP contribution >= 0.6 is 0 Å². The number of phenols is 1. The van der Waals surface area contributed by atoms with E-state index in [1.54, 1.807) is 12.1 Å². The highest BCUT2D eigenvalue weighted by molar-refractivity contribution is 5.80. The summed E-state index contributed by atoms with van der Waals surface area (Å²) in [5.41, 5.74) is 6.92. The Hall–Kier alpha value is -1.59. The van der Waals surface area contributed by atoms with Crippen LogP contribution in [0.5, 0.6) is 5.75 Å². The van der Waals surface area contributed by atoms with Crippen molar-refractivity contribution in [1.29, 1.82) is 0 Å². The van der Waals surface area contributed by atoms with E-state index in [2.05, 4.69) is 4.98 Å². The molecule has 2 aromatic rings. The van der Waals surface area contributed by atoms with Gasteiger partial charge in [0.2, 0.25) is 0 Å². The molecule has 0 aliphatic carbocycles. The number of hydrogen-bond donors (Lipinski definition) is 3. The molecule has 0 bridgehead atoms. The number of rotatable bonds is 2. The number of hydrogen-bond acceptors (Lipinski definition) is 5. The van der Waals surface area contributed by atoms with Crippen molar-refractivity contribution >= 4 is 11.1 Å². The van der Waals surface area contributed by atoms with Gasteiger partial charge in [-0.1, -0.05) is 0 Å². The van der Waals surface area contributed by atoms with E-state index < -0.39 is 6.04 Å². The van der Waals surface area contributed by atoms with E-state index >= 15 is 0 Å². The van der Waals surface area contributed by atoms with Crippen molar-refractivity contribution in [2.45, 2.75) is 6.04 Å². The van der Waals surface area contributed by atoms with Crippen LogP contribution in [0.25, 0.3) is 11.1 Å². The van der Waals surface area contributed by atoms with Gasteiger partial charge in [0, 0.05) is 5.56 Å². The topological polar surface area (TPSA) is 92.5 Å². The molecule has 0 radical (unpaired) electrons. The highest BCUT2D eigenvalue weighted by Gasteiger charge is 2.14. The maximum Gasteiger partial charge on any atom is 0.182 e. The van der Waals surface area contributed by atoms with Gasteiger partial charge < -0.3 is 20.4 Å². The van der Waals surface area contributed by atoms with Gasteiger partial charge in [0.25, 0.3) is 0 Å². The fraction of sp³-hybridized carbons (Fsp3) is 0.222. The van der Waals surface area contributed by atoms with E-state index in [0.29, 0.717) is 16.7 Å². The second kappa shape index (κ2) is 3.28. The van der Waals surface area contributed by atoms with Crippen molar-refractivity contribution < 1.29 is 14.6 Å². The molecule has 1 aromatic carbocycles. The number of fused-ring (bicyclic) bond motifs is 1. The molecule has 0 aliphatic rings. The summed E-state index contributed by atoms with van der Waals surface area (Å²) in [6.45, 7) is -0.225. The van der Waals surface area contributed by atoms with Gasteiger partial charge >= 0.3 is 0 Å². The molecule has 1 unspecified atom stereocenters. The number of benzene rings is 1. The summed E-state index contributed by atoms with van der Waals surface area (Å²) >= 11 is 0. The molecular formula is C9H10N2O3. The molecule has 14 heavy (non-hydrogen) atoms. The fourth-order valence-electron chi connectivity index (χ4n) is 1.33. The largest absolute Gasteiger partial charge is 0.505 e. The predicted octanol–water partition coefficient (Wildman–Crippen LogP) is 0.525. The summed E-state index contributed by atoms with van der Waals surface area (Å²) in [7, 11) is 0. The summed E-state index contributed by atoms with van der Waals surface area (Å²) in [4.78, 5) is 3.84. The first-order valence-electron chi connectivity index (χ1n) is 4.15. The lowest BCUT2D eigenvalue weighted by Gasteiger charge is -2.09. The van der Waals surface area contributed by atoms with Crippen LogP contribution in [0.3, 0.4) is 0 Å². The molecule has 2 rings (SSSR count). The molecule has 0 amide bonds. The Labute approximate surface area is 79.8 Å². The lowest BCUT2D eigenvalue weighted by Crippen LogP contribution is -2.14. The first kappa shape index (κ1) is 8.98. The molecule has 74 valence electrons. The average molecular weight is 194 g/mol. The van der Waals surface area contributed by atoms with Crippen molar-refractivity contribution in [3.05, 3.63) is 24.1 Å². The monoisotopic (exact) mass is 194 g/mol. The molecule has 4 N–H and O–H groups in total. The van der Waals surface area contributed by atoms with E-state index in [9.17, 15) is 5.11 Å². The molecule has 5 heteroatoms. The van der Waals surface area contributed by atoms with Crippen LogP contribution in [0.1, 0.15) is 11.6 Å². The molecule has 0 fully saturated rings. The minimum atomic E-state index is -0.601. The molecule has 0 aliphatic heterocycles. The van der Waals surface area contributed by atoms with Crippen molar-refractivity contribution in [3.63, 3.8) is 0 Å². The normalized spacial score (nSPS) is 13.3. The number of oxazole rings is 1. The number of nitrogens with zero attached hydrogens (tertiary/aromatic N) is 1. The molecule has 1 heterocycles. The summed E-state index contributed by atoms with van der Waals surface area (Å²) < 4.78 is 4.99. The van der Waals surface area contributed by atoms with Gasteiger partial charge in [-0.25, -0.2) is 4.98 Å². The molecule has 1 atom stereocenters. The maximum absolute atomic E-state index is 9.73. The third kappa shape index (κ3) is 1.23. The Morgan fingerprint density at radius 3 is 3.00 bits per heavy atom. The van der Waals surface area contributed by atoms with Crippen LogP contribution < -0.4 is 5.73 Å². The zero-order chi connectivity index (χ0) is 10.1. The molecule has 0 saturated carbocycles. The van der Waals surface area contributed by atoms with E-state index in [1.807, 2.05) is 0 Å². The second-order valence-electron chi connectivity index (χ2n) is 2.99. The highest BCUT2D eigenvalue weighted by atomic mass is 16.3. The third-order valence-electron chi connectivity index (χ3n) is 2.10. The average Bonchev–Trinajstić information content (AvgIpc) is 2.66. The van der Waals surface area contributed by atoms with Gasteiger partial charge in [0.1, 0.15) is 5.75 Å². The van der Waals surface area contributed by atoms with Gasteiger partial charge in [-0.2, -0.15) is 0 Å². The van der Waals surface area contributed by atoms with Gasteiger partial charge in [0.15, 0.2) is 17.5 Å². The molecule has 0 spiro atoms. The fourth-order valence-corrected chi connectivity index (χ4v) is 1.33. The first-order valence-corrected chi connectivity index (χ1v) is 4.15. The standard InChI is InChI=1S/C9H10N2O3/c10-6(3-12)5-1-2-7-8(9(5)13)11-4-14-7/h1-2,4,6,12-13H,3,10H2. The van der Waals surface area contributed by atoms with E-state index in [0.717, 1.165) is 0 Å². The molecule has 0 saturated heterocycles. The van der Waals surface area contributed by atoms with Gasteiger partial charge in [0.05, 0.1) is 12.6 Å². The van der Waals surface area contributed by atoms with Crippen molar-refractivity contribution in [2.75, 3.05) is 6.61 Å². The maximum atomic E-state index is 9.73. The minimum absolute atomic E-state index is 0.0298. The lowest BCUT2D eigenvalue weighted by atomic mass is 10.1. The quantitative estimate of drug-likeness (QED) is 0.648. The van der Waals surface area contributed by atoms with Crippen LogP contribution in [0.15, 0.2) is 22.9 Å². The Morgan fingerprint density at radius 1 is 1.50 bits per heavy atom. The molecular weight excluding hydrogens is 184 g/mol. The number of aliphatic hydroxyl groups is 1. The van der Waals surface area contributed by atoms with Crippen LogP contribution in [-0.2, 0) is 0 Å². The minimum Gasteiger partial charge on any atom is -0.505 e. The van der Waals surface area contributed by atoms with E-state index in [-0.39, 0.29) is 12.4 Å². The van der Waals surface area contributed by atoms with E-state index in [4.69, 9.17) is 15.3 Å². The van der Waals surface area contributed by atoms with Crippen LogP contribution in [0, 0.1) is 0 Å².